The van der Waals surface area contributed by atoms with Gasteiger partial charge in [-0.1, -0.05) is 33.3 Å². The second-order valence-electron chi connectivity index (χ2n) is 4.31. The van der Waals surface area contributed by atoms with Gasteiger partial charge in [0, 0.05) is 23.4 Å². The molecule has 1 saturated heterocycles. The van der Waals surface area contributed by atoms with E-state index in [0.717, 1.165) is 19.8 Å². The van der Waals surface area contributed by atoms with E-state index in [9.17, 15) is 4.79 Å². The van der Waals surface area contributed by atoms with Gasteiger partial charge in [-0.2, -0.15) is 0 Å². The van der Waals surface area contributed by atoms with Crippen molar-refractivity contribution in [3.8, 4) is 0 Å². The monoisotopic (exact) mass is 322 g/mol. The van der Waals surface area contributed by atoms with Crippen molar-refractivity contribution < 1.29 is 4.79 Å². The summed E-state index contributed by atoms with van der Waals surface area (Å²) in [5.41, 5.74) is 0.930. The Balaban J connectivity index is 1.99. The molecule has 0 radical (unpaired) electrons. The summed E-state index contributed by atoms with van der Waals surface area (Å²) in [6.45, 7) is 4.46. The second-order valence-corrected chi connectivity index (χ2v) is 6.24. The van der Waals surface area contributed by atoms with Crippen LogP contribution in [0, 0.1) is 5.92 Å². The van der Waals surface area contributed by atoms with E-state index < -0.39 is 0 Å². The third-order valence-electron chi connectivity index (χ3n) is 3.06. The van der Waals surface area contributed by atoms with Crippen molar-refractivity contribution in [2.45, 2.75) is 6.42 Å². The number of carbonyl (C=O) groups excluding carboxylic acids is 1. The number of benzene rings is 1. The molecule has 1 aromatic heterocycles. The van der Waals surface area contributed by atoms with Crippen LogP contribution in [0.15, 0.2) is 35.3 Å². The third kappa shape index (κ3) is 1.97. The Morgan fingerprint density at radius 2 is 2.39 bits per heavy atom. The summed E-state index contributed by atoms with van der Waals surface area (Å²) < 4.78 is 2.10. The predicted molar refractivity (Wildman–Crippen MR) is 78.0 cm³/mol. The third-order valence-corrected chi connectivity index (χ3v) is 4.61. The smallest absolute Gasteiger partial charge is 0.229 e. The summed E-state index contributed by atoms with van der Waals surface area (Å²) in [6.07, 6.45) is 2.39. The van der Waals surface area contributed by atoms with Gasteiger partial charge < -0.3 is 0 Å². The molecule has 0 N–H and O–H groups in total. The Morgan fingerprint density at radius 3 is 3.11 bits per heavy atom. The number of rotatable bonds is 2. The van der Waals surface area contributed by atoms with Crippen molar-refractivity contribution in [1.29, 1.82) is 0 Å². The van der Waals surface area contributed by atoms with Crippen LogP contribution < -0.4 is 4.90 Å². The van der Waals surface area contributed by atoms with Gasteiger partial charge in [0.1, 0.15) is 0 Å². The molecule has 5 heteroatoms. The maximum Gasteiger partial charge on any atom is 0.229 e. The van der Waals surface area contributed by atoms with Gasteiger partial charge in [0.15, 0.2) is 5.13 Å². The quantitative estimate of drug-likeness (QED) is 0.791. The normalized spacial score (nSPS) is 19.7. The SMILES string of the molecule is C=CC1CC(=O)N(c2nc3cc(Br)ccc3s2)C1. The van der Waals surface area contributed by atoms with Gasteiger partial charge in [0.25, 0.3) is 0 Å². The van der Waals surface area contributed by atoms with Crippen molar-refractivity contribution in [3.63, 3.8) is 0 Å². The molecule has 1 atom stereocenters. The Labute approximate surface area is 117 Å². The molecule has 1 unspecified atom stereocenters. The lowest BCUT2D eigenvalue weighted by Crippen LogP contribution is -2.23. The fraction of sp³-hybridized carbons (Fsp3) is 0.231. The maximum absolute atomic E-state index is 11.9. The Kier molecular flexibility index (Phi) is 2.95. The molecule has 3 rings (SSSR count). The fourth-order valence-corrected chi connectivity index (χ4v) is 3.40. The molecule has 3 nitrogen and oxygen atoms in total. The van der Waals surface area contributed by atoms with Gasteiger partial charge in [-0.3, -0.25) is 9.69 Å². The largest absolute Gasteiger partial charge is 0.287 e. The number of anilines is 1. The van der Waals surface area contributed by atoms with Gasteiger partial charge in [0.2, 0.25) is 5.91 Å². The molecule has 2 aromatic rings. The Bertz CT molecular complexity index is 637. The van der Waals surface area contributed by atoms with Crippen LogP contribution in [-0.4, -0.2) is 17.4 Å². The standard InChI is InChI=1S/C13H11BrN2OS/c1-2-8-5-12(17)16(7-8)13-15-10-6-9(14)3-4-11(10)18-13/h2-4,6,8H,1,5,7H2. The Hall–Kier alpha value is -1.20. The van der Waals surface area contributed by atoms with Crippen molar-refractivity contribution in [3.05, 3.63) is 35.3 Å². The molecule has 18 heavy (non-hydrogen) atoms. The number of carbonyl (C=O) groups is 1. The van der Waals surface area contributed by atoms with Crippen LogP contribution in [0.5, 0.6) is 0 Å². The van der Waals surface area contributed by atoms with Crippen molar-refractivity contribution in [2.75, 3.05) is 11.4 Å². The summed E-state index contributed by atoms with van der Waals surface area (Å²) in [5, 5.41) is 0.789. The number of hydrogen-bond acceptors (Lipinski definition) is 3. The van der Waals surface area contributed by atoms with E-state index in [1.807, 2.05) is 24.3 Å². The number of amides is 1. The molecule has 92 valence electrons. The first kappa shape index (κ1) is 11.9. The summed E-state index contributed by atoms with van der Waals surface area (Å²) in [6, 6.07) is 5.98. The molecule has 2 heterocycles. The van der Waals surface area contributed by atoms with Gasteiger partial charge in [-0.15, -0.1) is 6.58 Å². The van der Waals surface area contributed by atoms with Crippen LogP contribution >= 0.6 is 27.3 Å². The van der Waals surface area contributed by atoms with Crippen LogP contribution in [0.3, 0.4) is 0 Å². The molecule has 0 saturated carbocycles. The van der Waals surface area contributed by atoms with E-state index in [-0.39, 0.29) is 11.8 Å². The van der Waals surface area contributed by atoms with Crippen LogP contribution in [-0.2, 0) is 4.79 Å². The molecular weight excluding hydrogens is 312 g/mol. The van der Waals surface area contributed by atoms with E-state index in [0.29, 0.717) is 13.0 Å². The first-order chi connectivity index (χ1) is 8.67. The highest BCUT2D eigenvalue weighted by molar-refractivity contribution is 9.10. The highest BCUT2D eigenvalue weighted by atomic mass is 79.9. The minimum Gasteiger partial charge on any atom is -0.287 e. The number of hydrogen-bond donors (Lipinski definition) is 0. The molecule has 1 aromatic carbocycles. The van der Waals surface area contributed by atoms with Crippen LogP contribution in [0.4, 0.5) is 5.13 Å². The number of aromatic nitrogens is 1. The molecule has 0 bridgehead atoms. The van der Waals surface area contributed by atoms with Crippen LogP contribution in [0.25, 0.3) is 10.2 Å². The molecule has 1 fully saturated rings. The van der Waals surface area contributed by atoms with E-state index in [4.69, 9.17) is 0 Å². The summed E-state index contributed by atoms with van der Waals surface area (Å²) in [7, 11) is 0. The van der Waals surface area contributed by atoms with Crippen molar-refractivity contribution in [2.24, 2.45) is 5.92 Å². The molecule has 1 amide bonds. The van der Waals surface area contributed by atoms with Crippen molar-refractivity contribution >= 4 is 48.5 Å². The van der Waals surface area contributed by atoms with Gasteiger partial charge in [0.05, 0.1) is 10.2 Å². The zero-order chi connectivity index (χ0) is 12.7. The van der Waals surface area contributed by atoms with Gasteiger partial charge in [-0.05, 0) is 18.2 Å². The molecular formula is C13H11BrN2OS. The lowest BCUT2D eigenvalue weighted by atomic mass is 10.1. The fourth-order valence-electron chi connectivity index (χ4n) is 2.08. The van der Waals surface area contributed by atoms with E-state index in [2.05, 4.69) is 27.5 Å². The average molecular weight is 323 g/mol. The zero-order valence-electron chi connectivity index (χ0n) is 9.60. The van der Waals surface area contributed by atoms with E-state index in [1.165, 1.54) is 0 Å². The molecule has 1 aliphatic heterocycles. The summed E-state index contributed by atoms with van der Waals surface area (Å²) in [5.74, 6) is 0.384. The van der Waals surface area contributed by atoms with Gasteiger partial charge >= 0.3 is 0 Å². The van der Waals surface area contributed by atoms with Crippen LogP contribution in [0.2, 0.25) is 0 Å². The topological polar surface area (TPSA) is 33.2 Å². The van der Waals surface area contributed by atoms with E-state index in [1.54, 1.807) is 16.2 Å². The average Bonchev–Trinajstić information content (AvgIpc) is 2.91. The minimum absolute atomic E-state index is 0.137. The zero-order valence-corrected chi connectivity index (χ0v) is 12.0. The number of halogens is 1. The number of fused-ring (bicyclic) bond motifs is 1. The maximum atomic E-state index is 11.9. The first-order valence-electron chi connectivity index (χ1n) is 5.66. The summed E-state index contributed by atoms with van der Waals surface area (Å²) >= 11 is 4.99. The van der Waals surface area contributed by atoms with Gasteiger partial charge in [-0.25, -0.2) is 4.98 Å². The second kappa shape index (κ2) is 4.48. The lowest BCUT2D eigenvalue weighted by Gasteiger charge is -2.11. The summed E-state index contributed by atoms with van der Waals surface area (Å²) in [4.78, 5) is 18.2. The molecule has 0 spiro atoms. The lowest BCUT2D eigenvalue weighted by molar-refractivity contribution is -0.117. The minimum atomic E-state index is 0.137. The van der Waals surface area contributed by atoms with E-state index >= 15 is 0 Å². The highest BCUT2D eigenvalue weighted by Crippen LogP contribution is 2.33. The first-order valence-corrected chi connectivity index (χ1v) is 7.27. The molecule has 1 aliphatic rings. The number of thiazole rings is 1. The van der Waals surface area contributed by atoms with Crippen LogP contribution in [0.1, 0.15) is 6.42 Å². The predicted octanol–water partition coefficient (Wildman–Crippen LogP) is 3.60. The number of nitrogens with zero attached hydrogens (tertiary/aromatic N) is 2. The van der Waals surface area contributed by atoms with Crippen molar-refractivity contribution in [1.82, 2.24) is 4.98 Å². The Morgan fingerprint density at radius 1 is 1.56 bits per heavy atom. The highest BCUT2D eigenvalue weighted by Gasteiger charge is 2.30. The molecule has 0 aliphatic carbocycles.